The number of nitrogens with one attached hydrogen (secondary N) is 2. The molecule has 0 radical (unpaired) electrons. The average molecular weight is 227 g/mol. The number of carbonyl (C=O) groups excluding carboxylic acids is 2. The van der Waals surface area contributed by atoms with Crippen LogP contribution in [0.2, 0.25) is 0 Å². The standard InChI is InChI=1S/C9H13N3O2S/c10-8(15)12-11-7(14)5-1-9(2-5)3-6(13)4-9/h5H,1-4H2,(H,11,14)(H3,10,12,15). The van der Waals surface area contributed by atoms with Gasteiger partial charge in [0.25, 0.3) is 0 Å². The van der Waals surface area contributed by atoms with Crippen LogP contribution in [0, 0.1) is 11.3 Å². The van der Waals surface area contributed by atoms with Crippen molar-refractivity contribution >= 4 is 29.0 Å². The maximum Gasteiger partial charge on any atom is 0.241 e. The highest BCUT2D eigenvalue weighted by molar-refractivity contribution is 7.80. The van der Waals surface area contributed by atoms with Crippen molar-refractivity contribution in [3.8, 4) is 0 Å². The Morgan fingerprint density at radius 3 is 2.47 bits per heavy atom. The number of hydrogen-bond acceptors (Lipinski definition) is 3. The molecule has 15 heavy (non-hydrogen) atoms. The minimum absolute atomic E-state index is 0.0000463. The third kappa shape index (κ3) is 1.94. The molecule has 2 aliphatic rings. The first-order chi connectivity index (χ1) is 7.01. The lowest BCUT2D eigenvalue weighted by molar-refractivity contribution is -0.150. The molecular formula is C9H13N3O2S. The van der Waals surface area contributed by atoms with E-state index in [2.05, 4.69) is 23.1 Å². The number of amides is 1. The molecule has 0 aromatic heterocycles. The molecule has 0 atom stereocenters. The zero-order valence-corrected chi connectivity index (χ0v) is 9.02. The SMILES string of the molecule is NC(=S)NNC(=O)C1CC2(CC(=O)C2)C1. The molecule has 1 amide bonds. The molecule has 0 aromatic rings. The van der Waals surface area contributed by atoms with Crippen LogP contribution in [0.3, 0.4) is 0 Å². The largest absolute Gasteiger partial charge is 0.375 e. The first-order valence-corrected chi connectivity index (χ1v) is 5.29. The predicted octanol–water partition coefficient (Wildman–Crippen LogP) is -0.390. The molecule has 5 nitrogen and oxygen atoms in total. The quantitative estimate of drug-likeness (QED) is 0.420. The molecule has 2 aliphatic carbocycles. The van der Waals surface area contributed by atoms with Gasteiger partial charge in [-0.2, -0.15) is 0 Å². The normalized spacial score (nSPS) is 22.8. The summed E-state index contributed by atoms with van der Waals surface area (Å²) in [6.07, 6.45) is 2.92. The summed E-state index contributed by atoms with van der Waals surface area (Å²) in [5, 5.41) is 0.0520. The Hall–Kier alpha value is -1.17. The van der Waals surface area contributed by atoms with E-state index in [-0.39, 0.29) is 22.4 Å². The van der Waals surface area contributed by atoms with Gasteiger partial charge in [0.2, 0.25) is 5.91 Å². The lowest BCUT2D eigenvalue weighted by Crippen LogP contribution is -2.55. The van der Waals surface area contributed by atoms with Crippen LogP contribution in [0.5, 0.6) is 0 Å². The van der Waals surface area contributed by atoms with Crippen LogP contribution < -0.4 is 16.6 Å². The van der Waals surface area contributed by atoms with Crippen molar-refractivity contribution in [1.29, 1.82) is 0 Å². The van der Waals surface area contributed by atoms with E-state index >= 15 is 0 Å². The topological polar surface area (TPSA) is 84.2 Å². The van der Waals surface area contributed by atoms with Gasteiger partial charge in [0.1, 0.15) is 5.78 Å². The second kappa shape index (κ2) is 3.44. The molecule has 0 bridgehead atoms. The number of rotatable bonds is 1. The Morgan fingerprint density at radius 2 is 2.00 bits per heavy atom. The number of Topliss-reactive ketones (excluding diaryl/α,β-unsaturated/α-hetero) is 1. The molecule has 0 heterocycles. The van der Waals surface area contributed by atoms with Crippen molar-refractivity contribution in [3.05, 3.63) is 0 Å². The van der Waals surface area contributed by atoms with Crippen molar-refractivity contribution in [2.24, 2.45) is 17.1 Å². The molecule has 2 saturated carbocycles. The van der Waals surface area contributed by atoms with E-state index in [4.69, 9.17) is 5.73 Å². The first-order valence-electron chi connectivity index (χ1n) is 4.88. The van der Waals surface area contributed by atoms with Gasteiger partial charge in [0, 0.05) is 18.8 Å². The van der Waals surface area contributed by atoms with Crippen LogP contribution in [0.25, 0.3) is 0 Å². The van der Waals surface area contributed by atoms with E-state index in [1.165, 1.54) is 0 Å². The van der Waals surface area contributed by atoms with Gasteiger partial charge in [-0.15, -0.1) is 0 Å². The summed E-state index contributed by atoms with van der Waals surface area (Å²) >= 11 is 4.56. The molecule has 0 saturated heterocycles. The van der Waals surface area contributed by atoms with Crippen LogP contribution in [0.1, 0.15) is 25.7 Å². The van der Waals surface area contributed by atoms with Gasteiger partial charge in [-0.1, -0.05) is 0 Å². The first kappa shape index (κ1) is 10.4. The van der Waals surface area contributed by atoms with Crippen LogP contribution in [-0.4, -0.2) is 16.8 Å². The third-order valence-corrected chi connectivity index (χ3v) is 3.28. The average Bonchev–Trinajstić information content (AvgIpc) is 2.04. The summed E-state index contributed by atoms with van der Waals surface area (Å²) in [6, 6.07) is 0. The molecule has 0 aliphatic heterocycles. The second-order valence-corrected chi connectivity index (χ2v) is 4.92. The summed E-state index contributed by atoms with van der Waals surface area (Å²) in [7, 11) is 0. The fourth-order valence-corrected chi connectivity index (χ4v) is 2.52. The highest BCUT2D eigenvalue weighted by atomic mass is 32.1. The molecule has 0 aromatic carbocycles. The predicted molar refractivity (Wildman–Crippen MR) is 57.5 cm³/mol. The minimum atomic E-state index is -0.0900. The van der Waals surface area contributed by atoms with E-state index in [0.717, 1.165) is 12.8 Å². The summed E-state index contributed by atoms with van der Waals surface area (Å²) in [5.41, 5.74) is 10.2. The lowest BCUT2D eigenvalue weighted by atomic mass is 9.51. The fraction of sp³-hybridized carbons (Fsp3) is 0.667. The lowest BCUT2D eigenvalue weighted by Gasteiger charge is -2.52. The third-order valence-electron chi connectivity index (χ3n) is 3.18. The van der Waals surface area contributed by atoms with Gasteiger partial charge in [-0.25, -0.2) is 0 Å². The molecule has 0 unspecified atom stereocenters. The minimum Gasteiger partial charge on any atom is -0.375 e. The fourth-order valence-electron chi connectivity index (χ4n) is 2.47. The second-order valence-electron chi connectivity index (χ2n) is 4.48. The van der Waals surface area contributed by atoms with Gasteiger partial charge < -0.3 is 5.73 Å². The highest BCUT2D eigenvalue weighted by Gasteiger charge is 2.54. The van der Waals surface area contributed by atoms with Gasteiger partial charge in [-0.3, -0.25) is 20.4 Å². The van der Waals surface area contributed by atoms with E-state index in [0.29, 0.717) is 18.6 Å². The van der Waals surface area contributed by atoms with Crippen LogP contribution >= 0.6 is 12.2 Å². The van der Waals surface area contributed by atoms with Crippen LogP contribution in [0.15, 0.2) is 0 Å². The van der Waals surface area contributed by atoms with Crippen molar-refractivity contribution in [3.63, 3.8) is 0 Å². The maximum atomic E-state index is 11.5. The van der Waals surface area contributed by atoms with Gasteiger partial charge in [0.15, 0.2) is 5.11 Å². The molecule has 6 heteroatoms. The van der Waals surface area contributed by atoms with E-state index in [9.17, 15) is 9.59 Å². The number of nitrogens with two attached hydrogens (primary N) is 1. The number of thiocarbonyl (C=S) groups is 1. The van der Waals surface area contributed by atoms with Gasteiger partial charge >= 0.3 is 0 Å². The zero-order chi connectivity index (χ0) is 11.1. The Labute approximate surface area is 92.7 Å². The smallest absolute Gasteiger partial charge is 0.241 e. The van der Waals surface area contributed by atoms with Crippen molar-refractivity contribution < 1.29 is 9.59 Å². The van der Waals surface area contributed by atoms with Gasteiger partial charge in [0.05, 0.1) is 0 Å². The number of ketones is 1. The Kier molecular flexibility index (Phi) is 2.38. The van der Waals surface area contributed by atoms with Gasteiger partial charge in [-0.05, 0) is 30.5 Å². The molecular weight excluding hydrogens is 214 g/mol. The van der Waals surface area contributed by atoms with Crippen molar-refractivity contribution in [2.45, 2.75) is 25.7 Å². The molecule has 82 valence electrons. The van der Waals surface area contributed by atoms with E-state index in [1.54, 1.807) is 0 Å². The summed E-state index contributed by atoms with van der Waals surface area (Å²) < 4.78 is 0. The maximum absolute atomic E-state index is 11.5. The van der Waals surface area contributed by atoms with Crippen molar-refractivity contribution in [2.75, 3.05) is 0 Å². The summed E-state index contributed by atoms with van der Waals surface area (Å²) in [4.78, 5) is 22.3. The number of carbonyl (C=O) groups is 2. The summed E-state index contributed by atoms with van der Waals surface area (Å²) in [6.45, 7) is 0. The molecule has 2 fully saturated rings. The van der Waals surface area contributed by atoms with Crippen LogP contribution in [-0.2, 0) is 9.59 Å². The Bertz CT molecular complexity index is 326. The van der Waals surface area contributed by atoms with E-state index in [1.807, 2.05) is 0 Å². The Balaban J connectivity index is 1.72. The monoisotopic (exact) mass is 227 g/mol. The number of hydrazine groups is 1. The van der Waals surface area contributed by atoms with Crippen molar-refractivity contribution in [1.82, 2.24) is 10.9 Å². The van der Waals surface area contributed by atoms with Crippen LogP contribution in [0.4, 0.5) is 0 Å². The zero-order valence-electron chi connectivity index (χ0n) is 8.21. The summed E-state index contributed by atoms with van der Waals surface area (Å²) in [5.74, 6) is 0.225. The molecule has 4 N–H and O–H groups in total. The molecule has 1 spiro atoms. The Morgan fingerprint density at radius 1 is 1.40 bits per heavy atom. The number of hydrogen-bond donors (Lipinski definition) is 3. The molecule has 2 rings (SSSR count). The highest BCUT2D eigenvalue weighted by Crippen LogP contribution is 2.56. The van der Waals surface area contributed by atoms with E-state index < -0.39 is 0 Å².